The van der Waals surface area contributed by atoms with Gasteiger partial charge in [0.25, 0.3) is 0 Å². The highest BCUT2D eigenvalue weighted by Crippen LogP contribution is 2.37. The second-order valence-corrected chi connectivity index (χ2v) is 9.86. The molecule has 3 rings (SSSR count). The summed E-state index contributed by atoms with van der Waals surface area (Å²) in [6.45, 7) is 1.41. The first-order chi connectivity index (χ1) is 17.3. The van der Waals surface area contributed by atoms with Crippen molar-refractivity contribution in [2.45, 2.75) is 35.4 Å². The molecule has 37 heavy (non-hydrogen) atoms. The molecular formula is C24H22F3N5O4S. The highest BCUT2D eigenvalue weighted by atomic mass is 32.2. The molecule has 1 unspecified atom stereocenters. The molecular weight excluding hydrogens is 511 g/mol. The van der Waals surface area contributed by atoms with Crippen LogP contribution in [-0.4, -0.2) is 31.1 Å². The van der Waals surface area contributed by atoms with Gasteiger partial charge in [-0.25, -0.2) is 8.42 Å². The number of anilines is 1. The number of halogens is 3. The second-order valence-electron chi connectivity index (χ2n) is 7.94. The minimum Gasteiger partial charge on any atom is -0.384 e. The van der Waals surface area contributed by atoms with E-state index in [0.29, 0.717) is 17.3 Å². The predicted octanol–water partition coefficient (Wildman–Crippen LogP) is 3.42. The molecule has 0 fully saturated rings. The zero-order chi connectivity index (χ0) is 27.4. The molecule has 9 nitrogen and oxygen atoms in total. The van der Waals surface area contributed by atoms with Gasteiger partial charge < -0.3 is 16.4 Å². The van der Waals surface area contributed by atoms with Gasteiger partial charge in [0.1, 0.15) is 12.3 Å². The van der Waals surface area contributed by atoms with Crippen LogP contribution in [0, 0.1) is 5.41 Å². The maximum atomic E-state index is 13.8. The Morgan fingerprint density at radius 1 is 1.03 bits per heavy atom. The van der Waals surface area contributed by atoms with Gasteiger partial charge in [-0.1, -0.05) is 6.07 Å². The SMILES string of the molecule is CC(NC(=O)CC(=O)Nc1ccc(C(=N)N)cc1)c1ccc(S(=O)(=O)c2ccncc2)c(C(F)(F)F)c1. The number of nitrogens with zero attached hydrogens (tertiary/aromatic N) is 1. The number of nitrogens with one attached hydrogen (secondary N) is 3. The van der Waals surface area contributed by atoms with Crippen LogP contribution in [-0.2, 0) is 25.6 Å². The second kappa shape index (κ2) is 10.8. The average molecular weight is 534 g/mol. The zero-order valence-electron chi connectivity index (χ0n) is 19.3. The number of sulfone groups is 1. The zero-order valence-corrected chi connectivity index (χ0v) is 20.2. The molecule has 2 aromatic carbocycles. The van der Waals surface area contributed by atoms with Crippen molar-refractivity contribution in [3.05, 3.63) is 83.7 Å². The summed E-state index contributed by atoms with van der Waals surface area (Å²) < 4.78 is 67.1. The van der Waals surface area contributed by atoms with Crippen molar-refractivity contribution in [2.24, 2.45) is 5.73 Å². The van der Waals surface area contributed by atoms with E-state index in [4.69, 9.17) is 11.1 Å². The van der Waals surface area contributed by atoms with Crippen LogP contribution in [0.25, 0.3) is 0 Å². The van der Waals surface area contributed by atoms with Crippen LogP contribution in [0.5, 0.6) is 0 Å². The molecule has 0 saturated carbocycles. The first kappa shape index (κ1) is 27.3. The van der Waals surface area contributed by atoms with Crippen LogP contribution in [0.4, 0.5) is 18.9 Å². The summed E-state index contributed by atoms with van der Waals surface area (Å²) >= 11 is 0. The van der Waals surface area contributed by atoms with Crippen LogP contribution in [0.2, 0.25) is 0 Å². The molecule has 2 amide bonds. The number of rotatable bonds is 8. The van der Waals surface area contributed by atoms with Crippen LogP contribution >= 0.6 is 0 Å². The fourth-order valence-electron chi connectivity index (χ4n) is 3.38. The van der Waals surface area contributed by atoms with Gasteiger partial charge in [-0.15, -0.1) is 0 Å². The monoisotopic (exact) mass is 533 g/mol. The van der Waals surface area contributed by atoms with Crippen LogP contribution in [0.3, 0.4) is 0 Å². The standard InChI is InChI=1S/C24H22F3N5O4S/c1-14(31-21(33)13-22(34)32-17-5-2-15(3-6-17)23(28)29)16-4-7-20(19(12-16)24(25,26)27)37(35,36)18-8-10-30-11-9-18/h2-12,14H,13H2,1H3,(H3,28,29)(H,31,33)(H,32,34). The largest absolute Gasteiger partial charge is 0.417 e. The third-order valence-electron chi connectivity index (χ3n) is 5.24. The number of carbonyl (C=O) groups excluding carboxylic acids is 2. The third-order valence-corrected chi connectivity index (χ3v) is 7.06. The van der Waals surface area contributed by atoms with Crippen molar-refractivity contribution >= 4 is 33.2 Å². The van der Waals surface area contributed by atoms with E-state index in [9.17, 15) is 31.2 Å². The first-order valence-electron chi connectivity index (χ1n) is 10.7. The summed E-state index contributed by atoms with van der Waals surface area (Å²) in [6.07, 6.45) is -3.29. The van der Waals surface area contributed by atoms with Crippen molar-refractivity contribution < 1.29 is 31.2 Å². The lowest BCUT2D eigenvalue weighted by atomic mass is 10.0. The molecule has 1 heterocycles. The molecule has 3 aromatic rings. The smallest absolute Gasteiger partial charge is 0.384 e. The number of nitrogen functional groups attached to an aromatic ring is 1. The van der Waals surface area contributed by atoms with Gasteiger partial charge in [-0.3, -0.25) is 20.0 Å². The van der Waals surface area contributed by atoms with Crippen LogP contribution in [0.1, 0.15) is 36.1 Å². The van der Waals surface area contributed by atoms with Gasteiger partial charge in [0.05, 0.1) is 21.4 Å². The number of alkyl halides is 3. The fourth-order valence-corrected chi connectivity index (χ4v) is 4.82. The van der Waals surface area contributed by atoms with Crippen molar-refractivity contribution in [1.82, 2.24) is 10.3 Å². The summed E-state index contributed by atoms with van der Waals surface area (Å²) in [5.41, 5.74) is 4.78. The summed E-state index contributed by atoms with van der Waals surface area (Å²) in [4.78, 5) is 26.9. The maximum Gasteiger partial charge on any atom is 0.417 e. The van der Waals surface area contributed by atoms with Gasteiger partial charge in [0.2, 0.25) is 21.7 Å². The lowest BCUT2D eigenvalue weighted by Crippen LogP contribution is -2.30. The Morgan fingerprint density at radius 3 is 2.22 bits per heavy atom. The molecule has 0 spiro atoms. The lowest BCUT2D eigenvalue weighted by molar-refractivity contribution is -0.140. The molecule has 5 N–H and O–H groups in total. The minimum absolute atomic E-state index is 0.00502. The van der Waals surface area contributed by atoms with E-state index < -0.39 is 50.7 Å². The number of benzene rings is 2. The first-order valence-corrected chi connectivity index (χ1v) is 12.2. The number of amidine groups is 1. The number of nitrogens with two attached hydrogens (primary N) is 1. The molecule has 0 radical (unpaired) electrons. The molecule has 1 atom stereocenters. The molecule has 0 saturated heterocycles. The van der Waals surface area contributed by atoms with Gasteiger partial charge in [-0.05, 0) is 61.0 Å². The van der Waals surface area contributed by atoms with Crippen LogP contribution < -0.4 is 16.4 Å². The quantitative estimate of drug-likeness (QED) is 0.198. The maximum absolute atomic E-state index is 13.8. The van der Waals surface area contributed by atoms with E-state index in [-0.39, 0.29) is 16.3 Å². The molecule has 194 valence electrons. The molecule has 0 aliphatic heterocycles. The van der Waals surface area contributed by atoms with Crippen molar-refractivity contribution in [2.75, 3.05) is 5.32 Å². The molecule has 0 bridgehead atoms. The Bertz CT molecular complexity index is 1430. The van der Waals surface area contributed by atoms with Gasteiger partial charge in [-0.2, -0.15) is 13.2 Å². The normalized spacial score (nSPS) is 12.4. The summed E-state index contributed by atoms with van der Waals surface area (Å²) in [5.74, 6) is -1.58. The van der Waals surface area contributed by atoms with E-state index in [1.165, 1.54) is 37.3 Å². The summed E-state index contributed by atoms with van der Waals surface area (Å²) in [5, 5.41) is 12.3. The fraction of sp³-hybridized carbons (Fsp3) is 0.167. The topological polar surface area (TPSA) is 155 Å². The highest BCUT2D eigenvalue weighted by Gasteiger charge is 2.38. The van der Waals surface area contributed by atoms with E-state index in [1.807, 2.05) is 0 Å². The van der Waals surface area contributed by atoms with Crippen molar-refractivity contribution in [3.63, 3.8) is 0 Å². The molecule has 0 aliphatic carbocycles. The van der Waals surface area contributed by atoms with Gasteiger partial charge in [0.15, 0.2) is 0 Å². The molecule has 1 aromatic heterocycles. The Morgan fingerprint density at radius 2 is 1.65 bits per heavy atom. The Labute approximate surface area is 210 Å². The summed E-state index contributed by atoms with van der Waals surface area (Å²) in [6, 6.07) is 9.91. The van der Waals surface area contributed by atoms with E-state index >= 15 is 0 Å². The number of pyridine rings is 1. The number of carbonyl (C=O) groups is 2. The number of hydrogen-bond donors (Lipinski definition) is 4. The average Bonchev–Trinajstić information content (AvgIpc) is 2.83. The molecule has 13 heteroatoms. The Balaban J connectivity index is 1.74. The Hall–Kier alpha value is -4.26. The minimum atomic E-state index is -4.99. The number of hydrogen-bond acceptors (Lipinski definition) is 6. The van der Waals surface area contributed by atoms with Crippen LogP contribution in [0.15, 0.2) is 76.8 Å². The number of aromatic nitrogens is 1. The summed E-state index contributed by atoms with van der Waals surface area (Å²) in [7, 11) is -4.49. The number of amides is 2. The van der Waals surface area contributed by atoms with E-state index in [1.54, 1.807) is 0 Å². The van der Waals surface area contributed by atoms with Gasteiger partial charge in [0, 0.05) is 23.6 Å². The highest BCUT2D eigenvalue weighted by molar-refractivity contribution is 7.91. The van der Waals surface area contributed by atoms with E-state index in [0.717, 1.165) is 30.6 Å². The van der Waals surface area contributed by atoms with Crippen molar-refractivity contribution in [1.29, 1.82) is 5.41 Å². The Kier molecular flexibility index (Phi) is 7.96. The predicted molar refractivity (Wildman–Crippen MR) is 128 cm³/mol. The lowest BCUT2D eigenvalue weighted by Gasteiger charge is -2.19. The van der Waals surface area contributed by atoms with Gasteiger partial charge >= 0.3 is 6.18 Å². The van der Waals surface area contributed by atoms with Crippen molar-refractivity contribution in [3.8, 4) is 0 Å². The molecule has 0 aliphatic rings. The van der Waals surface area contributed by atoms with E-state index in [2.05, 4.69) is 15.6 Å². The third kappa shape index (κ3) is 6.70.